The first-order chi connectivity index (χ1) is 15.6. The van der Waals surface area contributed by atoms with E-state index < -0.39 is 33.7 Å². The number of benzene rings is 2. The number of unbranched alkanes of at least 4 members (excludes halogenated alkanes) is 1. The molecule has 0 saturated heterocycles. The normalized spacial score (nSPS) is 11.8. The lowest BCUT2D eigenvalue weighted by molar-refractivity contribution is -0.118. The van der Waals surface area contributed by atoms with Crippen molar-refractivity contribution in [3.8, 4) is 0 Å². The van der Waals surface area contributed by atoms with E-state index in [0.717, 1.165) is 26.4 Å². The quantitative estimate of drug-likeness (QED) is 0.506. The van der Waals surface area contributed by atoms with Crippen LogP contribution in [-0.2, 0) is 21.4 Å². The minimum absolute atomic E-state index is 0.0460. The predicted octanol–water partition coefficient (Wildman–Crippen LogP) is 1.36. The number of H-pyrrole nitrogens is 1. The second-order valence-electron chi connectivity index (χ2n) is 7.72. The molecule has 0 radical (unpaired) electrons. The summed E-state index contributed by atoms with van der Waals surface area (Å²) in [5, 5.41) is 1.65. The van der Waals surface area contributed by atoms with Crippen molar-refractivity contribution in [2.45, 2.75) is 31.2 Å². The van der Waals surface area contributed by atoms with Gasteiger partial charge in [0.05, 0.1) is 11.4 Å². The van der Waals surface area contributed by atoms with Crippen LogP contribution in [0.3, 0.4) is 0 Å². The predicted molar refractivity (Wildman–Crippen MR) is 128 cm³/mol. The Bertz CT molecular complexity index is 1410. The summed E-state index contributed by atoms with van der Waals surface area (Å²) in [4.78, 5) is 40.6. The highest BCUT2D eigenvalue weighted by atomic mass is 32.2. The number of nitrogen functional groups attached to an aromatic ring is 1. The lowest BCUT2D eigenvalue weighted by Crippen LogP contribution is -2.43. The first kappa shape index (κ1) is 24.2. The van der Waals surface area contributed by atoms with Crippen molar-refractivity contribution in [2.75, 3.05) is 31.3 Å². The molecule has 0 saturated carbocycles. The number of amides is 1. The third-order valence-corrected chi connectivity index (χ3v) is 7.25. The van der Waals surface area contributed by atoms with Crippen LogP contribution in [0, 0.1) is 0 Å². The van der Waals surface area contributed by atoms with Crippen LogP contribution in [-0.4, -0.2) is 48.8 Å². The lowest BCUT2D eigenvalue weighted by atomic mass is 10.1. The minimum Gasteiger partial charge on any atom is -0.383 e. The first-order valence-electron chi connectivity index (χ1n) is 10.4. The summed E-state index contributed by atoms with van der Waals surface area (Å²) in [5.74, 6) is -0.826. The maximum atomic E-state index is 13.0. The Morgan fingerprint density at radius 1 is 1.09 bits per heavy atom. The van der Waals surface area contributed by atoms with Crippen molar-refractivity contribution in [1.29, 1.82) is 0 Å². The molecule has 0 fully saturated rings. The van der Waals surface area contributed by atoms with Crippen molar-refractivity contribution >= 4 is 38.2 Å². The number of nitrogens with zero attached hydrogens (tertiary/aromatic N) is 3. The smallest absolute Gasteiger partial charge is 0.330 e. The van der Waals surface area contributed by atoms with Crippen LogP contribution in [0.1, 0.15) is 19.8 Å². The van der Waals surface area contributed by atoms with Crippen LogP contribution in [0.25, 0.3) is 10.8 Å². The zero-order valence-corrected chi connectivity index (χ0v) is 19.6. The van der Waals surface area contributed by atoms with Crippen LogP contribution in [0.15, 0.2) is 56.9 Å². The van der Waals surface area contributed by atoms with E-state index in [-0.39, 0.29) is 22.9 Å². The third kappa shape index (κ3) is 4.83. The number of likely N-dealkylation sites (N-methyl/N-ethyl adjacent to an activating group) is 2. The van der Waals surface area contributed by atoms with Gasteiger partial charge >= 0.3 is 5.69 Å². The summed E-state index contributed by atoms with van der Waals surface area (Å²) in [7, 11) is -1.38. The molecule has 0 unspecified atom stereocenters. The third-order valence-electron chi connectivity index (χ3n) is 5.45. The lowest BCUT2D eigenvalue weighted by Gasteiger charge is -2.23. The summed E-state index contributed by atoms with van der Waals surface area (Å²) in [5.41, 5.74) is 4.36. The van der Waals surface area contributed by atoms with Gasteiger partial charge in [0.1, 0.15) is 5.82 Å². The molecule has 2 aromatic carbocycles. The van der Waals surface area contributed by atoms with E-state index in [1.807, 2.05) is 25.1 Å². The first-order valence-corrected chi connectivity index (χ1v) is 11.9. The molecule has 0 aliphatic carbocycles. The molecule has 1 aromatic heterocycles. The Morgan fingerprint density at radius 3 is 2.42 bits per heavy atom. The highest BCUT2D eigenvalue weighted by Crippen LogP contribution is 2.22. The number of fused-ring (bicyclic) bond motifs is 1. The molecule has 1 heterocycles. The number of carbonyl (C=O) groups is 1. The Morgan fingerprint density at radius 2 is 1.76 bits per heavy atom. The molecule has 11 heteroatoms. The molecule has 10 nitrogen and oxygen atoms in total. The van der Waals surface area contributed by atoms with E-state index in [9.17, 15) is 22.8 Å². The minimum atomic E-state index is -3.97. The molecular formula is C22H27N5O5S. The van der Waals surface area contributed by atoms with Crippen molar-refractivity contribution < 1.29 is 13.2 Å². The van der Waals surface area contributed by atoms with Crippen molar-refractivity contribution in [3.05, 3.63) is 63.3 Å². The van der Waals surface area contributed by atoms with Crippen LogP contribution < -0.4 is 21.9 Å². The van der Waals surface area contributed by atoms with Gasteiger partial charge in [0.2, 0.25) is 15.9 Å². The number of aromatic amines is 1. The molecule has 3 N–H and O–H groups in total. The van der Waals surface area contributed by atoms with E-state index in [4.69, 9.17) is 5.73 Å². The highest BCUT2D eigenvalue weighted by Gasteiger charge is 2.27. The molecule has 176 valence electrons. The molecule has 0 bridgehead atoms. The van der Waals surface area contributed by atoms with Crippen molar-refractivity contribution in [2.24, 2.45) is 0 Å². The van der Waals surface area contributed by atoms with Crippen LogP contribution in [0.2, 0.25) is 0 Å². The van der Waals surface area contributed by atoms with Gasteiger partial charge in [-0.15, -0.1) is 0 Å². The average molecular weight is 474 g/mol. The zero-order chi connectivity index (χ0) is 24.3. The molecular weight excluding hydrogens is 446 g/mol. The second-order valence-corrected chi connectivity index (χ2v) is 9.77. The van der Waals surface area contributed by atoms with Gasteiger partial charge in [-0.25, -0.2) is 13.2 Å². The maximum absolute atomic E-state index is 13.0. The number of anilines is 2. The van der Waals surface area contributed by atoms with E-state index in [1.165, 1.54) is 24.7 Å². The Labute approximate surface area is 191 Å². The Kier molecular flexibility index (Phi) is 7.04. The van der Waals surface area contributed by atoms with Gasteiger partial charge in [0, 0.05) is 20.6 Å². The van der Waals surface area contributed by atoms with Gasteiger partial charge in [-0.3, -0.25) is 19.1 Å². The zero-order valence-electron chi connectivity index (χ0n) is 18.7. The largest absolute Gasteiger partial charge is 0.383 e. The summed E-state index contributed by atoms with van der Waals surface area (Å²) in [6.07, 6.45) is 1.45. The van der Waals surface area contributed by atoms with E-state index >= 15 is 0 Å². The van der Waals surface area contributed by atoms with E-state index in [1.54, 1.807) is 18.2 Å². The molecule has 3 aromatic rings. The fourth-order valence-corrected chi connectivity index (χ4v) is 4.61. The molecule has 0 aliphatic rings. The fourth-order valence-electron chi connectivity index (χ4n) is 3.45. The second kappa shape index (κ2) is 9.59. The summed E-state index contributed by atoms with van der Waals surface area (Å²) < 4.78 is 28.2. The Balaban J connectivity index is 1.87. The van der Waals surface area contributed by atoms with Crippen molar-refractivity contribution in [1.82, 2.24) is 13.9 Å². The summed E-state index contributed by atoms with van der Waals surface area (Å²) in [6, 6.07) is 12.1. The van der Waals surface area contributed by atoms with Crippen LogP contribution >= 0.6 is 0 Å². The number of nitrogens with two attached hydrogens (primary N) is 1. The number of sulfonamides is 1. The fraction of sp³-hybridized carbons (Fsp3) is 0.318. The number of hydrogen-bond acceptors (Lipinski definition) is 6. The molecule has 0 aliphatic heterocycles. The standard InChI is InChI=1S/C22H27N5O5S/c1-4-5-12-27-20(23)19(21(29)24-22(27)30)26(3)18(28)14-25(2)33(31,32)17-11-10-15-8-6-7-9-16(15)13-17/h6-11,13H,4-5,12,14,23H2,1-3H3,(H,24,29,30). The maximum Gasteiger partial charge on any atom is 0.330 e. The number of aromatic nitrogens is 2. The van der Waals surface area contributed by atoms with Crippen LogP contribution in [0.4, 0.5) is 11.5 Å². The summed E-state index contributed by atoms with van der Waals surface area (Å²) in [6.45, 7) is 1.69. The number of nitrogens with one attached hydrogen (secondary N) is 1. The Hall–Kier alpha value is -3.44. The topological polar surface area (TPSA) is 139 Å². The number of rotatable bonds is 8. The van der Waals surface area contributed by atoms with Gasteiger partial charge in [-0.2, -0.15) is 4.31 Å². The monoisotopic (exact) mass is 473 g/mol. The van der Waals surface area contributed by atoms with Gasteiger partial charge in [0.25, 0.3) is 5.56 Å². The van der Waals surface area contributed by atoms with Gasteiger partial charge in [-0.05, 0) is 29.3 Å². The molecule has 0 spiro atoms. The highest BCUT2D eigenvalue weighted by molar-refractivity contribution is 7.89. The van der Waals surface area contributed by atoms with Gasteiger partial charge in [0.15, 0.2) is 5.69 Å². The molecule has 0 atom stereocenters. The summed E-state index contributed by atoms with van der Waals surface area (Å²) >= 11 is 0. The van der Waals surface area contributed by atoms with Crippen molar-refractivity contribution in [3.63, 3.8) is 0 Å². The van der Waals surface area contributed by atoms with E-state index in [0.29, 0.717) is 6.42 Å². The van der Waals surface area contributed by atoms with Gasteiger partial charge in [-0.1, -0.05) is 43.7 Å². The number of carbonyl (C=O) groups excluding carboxylic acids is 1. The SMILES string of the molecule is CCCCn1c(N)c(N(C)C(=O)CN(C)S(=O)(=O)c2ccc3ccccc3c2)c(=O)[nH]c1=O. The molecule has 3 rings (SSSR count). The van der Waals surface area contributed by atoms with Crippen LogP contribution in [0.5, 0.6) is 0 Å². The van der Waals surface area contributed by atoms with E-state index in [2.05, 4.69) is 4.98 Å². The van der Waals surface area contributed by atoms with Gasteiger partial charge < -0.3 is 10.6 Å². The number of hydrogen-bond donors (Lipinski definition) is 2. The molecule has 33 heavy (non-hydrogen) atoms. The average Bonchev–Trinajstić information content (AvgIpc) is 2.78. The molecule has 1 amide bonds.